The summed E-state index contributed by atoms with van der Waals surface area (Å²) in [4.78, 5) is 56.9. The Morgan fingerprint density at radius 2 is 0.678 bits per heavy atom. The van der Waals surface area contributed by atoms with Crippen LogP contribution in [0.25, 0.3) is 83.0 Å². The monoisotopic (exact) mass is 2090 g/mol. The van der Waals surface area contributed by atoms with Crippen molar-refractivity contribution in [2.75, 3.05) is 281 Å². The molecule has 1 amide bonds. The third-order valence-electron chi connectivity index (χ3n) is 27.9. The highest BCUT2D eigenvalue weighted by atomic mass is 35.5. The molecule has 41 heteroatoms. The Labute approximate surface area is 883 Å². The fourth-order valence-electron chi connectivity index (χ4n) is 20.0. The number of aryl methyl sites for hydroxylation is 2. The van der Waals surface area contributed by atoms with Crippen LogP contribution in [0.4, 0.5) is 33.9 Å². The predicted octanol–water partition coefficient (Wildman–Crippen LogP) is 10.5. The number of nitrogens with two attached hydrogens (primary N) is 3. The number of aromatic nitrogens is 15. The van der Waals surface area contributed by atoms with Gasteiger partial charge in [-0.2, -0.15) is 0 Å². The first-order valence-electron chi connectivity index (χ1n) is 51.8. The Morgan fingerprint density at radius 1 is 0.369 bits per heavy atom. The third-order valence-corrected chi connectivity index (χ3v) is 28.7. The summed E-state index contributed by atoms with van der Waals surface area (Å²) in [5.74, 6) is 4.86. The lowest BCUT2D eigenvalue weighted by Gasteiger charge is -2.39. The Kier molecular flexibility index (Phi) is 36.4. The predicted molar refractivity (Wildman–Crippen MR) is 587 cm³/mol. The molecule has 38 nitrogen and oxygen atoms in total. The molecule has 15 aromatic rings. The minimum absolute atomic E-state index is 0.0201. The molecule has 10 aromatic heterocycles. The Morgan fingerprint density at radius 3 is 1.01 bits per heavy atom. The van der Waals surface area contributed by atoms with Crippen LogP contribution in [0.15, 0.2) is 214 Å². The van der Waals surface area contributed by atoms with Gasteiger partial charge < -0.3 is 95.3 Å². The topological polar surface area (TPSA) is 370 Å². The van der Waals surface area contributed by atoms with Crippen LogP contribution in [-0.2, 0) is 33.2 Å². The Bertz CT molecular complexity index is 6640. The summed E-state index contributed by atoms with van der Waals surface area (Å²) in [6, 6.07) is 50.1. The van der Waals surface area contributed by atoms with Crippen molar-refractivity contribution in [1.82, 2.24) is 109 Å². The molecule has 786 valence electrons. The third kappa shape index (κ3) is 26.7. The lowest BCUT2D eigenvalue weighted by molar-refractivity contribution is -0.0219. The van der Waals surface area contributed by atoms with Gasteiger partial charge in [0.2, 0.25) is 0 Å². The zero-order valence-corrected chi connectivity index (χ0v) is 87.3. The van der Waals surface area contributed by atoms with E-state index < -0.39 is 0 Å². The number of piperazine rings is 3. The van der Waals surface area contributed by atoms with Gasteiger partial charge in [0.15, 0.2) is 29.1 Å². The van der Waals surface area contributed by atoms with E-state index in [0.717, 1.165) is 289 Å². The first-order chi connectivity index (χ1) is 73.1. The number of nitrogens with one attached hydrogen (secondary N) is 2. The quantitative estimate of drug-likeness (QED) is 0.0299. The molecule has 0 aliphatic carbocycles. The van der Waals surface area contributed by atoms with Crippen molar-refractivity contribution < 1.29 is 38.0 Å². The van der Waals surface area contributed by atoms with Crippen molar-refractivity contribution in [2.45, 2.75) is 50.8 Å². The number of nitrogens with zero attached hydrogens (tertiary/aromatic N) is 25. The number of amides is 1. The Hall–Kier alpha value is -12.3. The molecular weight excluding hydrogens is 1950 g/mol. The second-order valence-electron chi connectivity index (χ2n) is 38.5. The molecule has 18 heterocycles. The van der Waals surface area contributed by atoms with Crippen molar-refractivity contribution in [1.29, 1.82) is 0 Å². The minimum Gasteiger partial charge on any atom is -0.449 e. The molecule has 0 radical (unpaired) electrons. The van der Waals surface area contributed by atoms with E-state index in [1.807, 2.05) is 176 Å². The average Bonchev–Trinajstić information content (AvgIpc) is 1.64. The molecule has 0 saturated carbocycles. The number of likely N-dealkylation sites (N-methyl/N-ethyl adjacent to an activating group) is 1. The molecule has 5 unspecified atom stereocenters. The highest BCUT2D eigenvalue weighted by Crippen LogP contribution is 2.37. The number of rotatable bonds is 27. The molecule has 8 N–H and O–H groups in total. The highest BCUT2D eigenvalue weighted by Gasteiger charge is 2.35. The van der Waals surface area contributed by atoms with Crippen LogP contribution in [-0.4, -0.2) is 391 Å². The van der Waals surface area contributed by atoms with Crippen LogP contribution < -0.4 is 52.3 Å². The minimum atomic E-state index is -0.249. The van der Waals surface area contributed by atoms with E-state index in [1.165, 1.54) is 11.1 Å². The van der Waals surface area contributed by atoms with Crippen LogP contribution in [0, 0.1) is 13.8 Å². The maximum absolute atomic E-state index is 12.2. The highest BCUT2D eigenvalue weighted by molar-refractivity contribution is 6.31. The van der Waals surface area contributed by atoms with Gasteiger partial charge in [0.05, 0.1) is 170 Å². The normalized spacial score (nSPS) is 19.4. The SMILES string of the molecule is CN1CCN(CC2CN(c3nn(-c4ccc(Cl)cc4)c4cnccc34)CCO2)CC1.Cc1ccc(-n2nc(N3CCOC(CNCCN)C3)c3ccncc32)cc1.Cc1ccc(-n2nc(N3CCOC(COCCN)C3)c3ccncc32)cc1.Clc1ccc(-n2nc(N3CCOC(CN4CCNCC4)C3)c3ccncc32)cc1.NCCCOC(=O)N1CCN(CC2CN(c3nn(-c4ccc(Cl)cc4)c4cnccc34)CCO2)CC1. The fourth-order valence-corrected chi connectivity index (χ4v) is 20.4. The van der Waals surface area contributed by atoms with Crippen molar-refractivity contribution in [2.24, 2.45) is 17.2 Å². The summed E-state index contributed by atoms with van der Waals surface area (Å²) >= 11 is 18.2. The molecule has 8 fully saturated rings. The number of carbonyl (C=O) groups is 1. The van der Waals surface area contributed by atoms with E-state index in [0.29, 0.717) is 93.9 Å². The van der Waals surface area contributed by atoms with Gasteiger partial charge in [-0.3, -0.25) is 39.6 Å². The molecule has 8 aliphatic heterocycles. The number of morpholine rings is 5. The molecule has 149 heavy (non-hydrogen) atoms. The maximum Gasteiger partial charge on any atom is 0.409 e. The molecule has 5 aromatic carbocycles. The molecule has 8 aliphatic rings. The second kappa shape index (κ2) is 51.5. The van der Waals surface area contributed by atoms with Gasteiger partial charge in [-0.25, -0.2) is 28.2 Å². The summed E-state index contributed by atoms with van der Waals surface area (Å²) < 4.78 is 50.7. The fraction of sp³-hybridized carbons (Fsp3) is 0.435. The zero-order valence-electron chi connectivity index (χ0n) is 85.0. The maximum atomic E-state index is 12.2. The number of benzene rings is 5. The Balaban J connectivity index is 0.000000117. The van der Waals surface area contributed by atoms with Crippen molar-refractivity contribution in [3.8, 4) is 28.4 Å². The molecule has 8 saturated heterocycles. The van der Waals surface area contributed by atoms with Gasteiger partial charge in [-0.15, -0.1) is 25.5 Å². The molecule has 23 rings (SSSR count). The number of carbonyl (C=O) groups excluding carboxylic acids is 1. The van der Waals surface area contributed by atoms with E-state index in [-0.39, 0.29) is 36.6 Å². The van der Waals surface area contributed by atoms with Crippen molar-refractivity contribution in [3.05, 3.63) is 240 Å². The van der Waals surface area contributed by atoms with Crippen LogP contribution >= 0.6 is 34.8 Å². The number of ether oxygens (including phenoxy) is 7. The van der Waals surface area contributed by atoms with E-state index >= 15 is 0 Å². The summed E-state index contributed by atoms with van der Waals surface area (Å²) in [7, 11) is 2.19. The van der Waals surface area contributed by atoms with Gasteiger partial charge in [0, 0.05) is 263 Å². The standard InChI is InChI=1S/C25H32ClN7O3.C22H27ClN6O.C21H25ClN6O.C20H26N6O.C20H25N5O2/c26-19-2-4-20(5-3-19)33-23-16-28-8-6-22(23)24(29-33)32-13-15-35-21(18-32)17-30-9-11-31(12-10-30)25(34)36-14-1-7-27;1-26-8-10-27(11-9-26)15-19-16-28(12-13-30-19)22-20-6-7-24-14-21(20)29(25-22)18-4-2-17(23)3-5-18;22-16-1-3-17(4-2-16)28-20-13-24-6-5-19(20)21(25-28)27-11-12-29-18(15-27)14-26-9-7-23-8-10-26;1-15-2-4-16(5-3-15)26-19-13-22-8-6-18(19)20(24-26)25-10-11-27-17(14-25)12-23-9-7-21;1-15-2-4-16(5-3-15)25-19-12-22-8-6-18(19)20(23-25)24-9-11-27-17(13-24)14-26-10-7-21/h2-6,8,16,21H,1,7,9-15,17-18,27H2;2-7,14,19H,8-13,15-16H2,1H3;1-6,13,18,23H,7-12,14-15H2;2-6,8,13,17,23H,7,9-12,14,21H2,1H3;2-6,8,12,17H,7,9-11,13-14,21H2,1H3. The summed E-state index contributed by atoms with van der Waals surface area (Å²) in [5.41, 5.74) is 28.9. The van der Waals surface area contributed by atoms with E-state index in [9.17, 15) is 4.79 Å². The van der Waals surface area contributed by atoms with Crippen LogP contribution in [0.5, 0.6) is 0 Å². The molecular formula is C108H135Cl3N30O8. The number of halogens is 3. The first-order valence-corrected chi connectivity index (χ1v) is 53.0. The van der Waals surface area contributed by atoms with Gasteiger partial charge in [-0.1, -0.05) is 70.2 Å². The van der Waals surface area contributed by atoms with Gasteiger partial charge in [0.25, 0.3) is 0 Å². The number of anilines is 5. The smallest absolute Gasteiger partial charge is 0.409 e. The first kappa shape index (κ1) is 105. The van der Waals surface area contributed by atoms with Crippen LogP contribution in [0.3, 0.4) is 0 Å². The van der Waals surface area contributed by atoms with E-state index in [2.05, 4.69) is 155 Å². The number of hydrogen-bond acceptors (Lipinski definition) is 32. The molecule has 0 bridgehead atoms. The van der Waals surface area contributed by atoms with Gasteiger partial charge >= 0.3 is 6.09 Å². The van der Waals surface area contributed by atoms with Gasteiger partial charge in [0.1, 0.15) is 0 Å². The molecule has 0 spiro atoms. The van der Waals surface area contributed by atoms with Crippen LogP contribution in [0.2, 0.25) is 15.1 Å². The zero-order chi connectivity index (χ0) is 102. The second-order valence-corrected chi connectivity index (χ2v) is 39.8. The summed E-state index contributed by atoms with van der Waals surface area (Å²) in [5, 5.41) is 39.2. The molecule has 5 atom stereocenters. The van der Waals surface area contributed by atoms with Crippen molar-refractivity contribution in [3.63, 3.8) is 0 Å². The van der Waals surface area contributed by atoms with E-state index in [1.54, 1.807) is 11.1 Å². The lowest BCUT2D eigenvalue weighted by Crippen LogP contribution is -2.53. The number of hydrogen-bond donors (Lipinski definition) is 5. The van der Waals surface area contributed by atoms with Crippen molar-refractivity contribution >= 4 is 124 Å². The van der Waals surface area contributed by atoms with Gasteiger partial charge in [-0.05, 0) is 161 Å². The summed E-state index contributed by atoms with van der Waals surface area (Å²) in [6.07, 6.45) is 19.5. The summed E-state index contributed by atoms with van der Waals surface area (Å²) in [6.45, 7) is 34.8. The number of pyridine rings is 5. The average molecular weight is 2090 g/mol. The lowest BCUT2D eigenvalue weighted by atomic mass is 10.2. The van der Waals surface area contributed by atoms with E-state index in [4.69, 9.17) is 111 Å². The number of fused-ring (bicyclic) bond motifs is 5. The largest absolute Gasteiger partial charge is 0.449 e. The van der Waals surface area contributed by atoms with Crippen LogP contribution in [0.1, 0.15) is 17.5 Å².